The summed E-state index contributed by atoms with van der Waals surface area (Å²) in [7, 11) is 0. The molecule has 0 radical (unpaired) electrons. The van der Waals surface area contributed by atoms with Crippen LogP contribution >= 0.6 is 0 Å². The molecule has 6 heteroatoms. The molecule has 0 amide bonds. The summed E-state index contributed by atoms with van der Waals surface area (Å²) >= 11 is 0. The minimum absolute atomic E-state index is 0. The zero-order valence-corrected chi connectivity index (χ0v) is 18.0. The van der Waals surface area contributed by atoms with Crippen LogP contribution in [-0.4, -0.2) is 11.5 Å². The normalized spacial score (nSPS) is 16.6. The maximum atomic E-state index is 12.3. The molecule has 156 valence electrons. The van der Waals surface area contributed by atoms with Gasteiger partial charge in [0, 0.05) is 28.6 Å². The van der Waals surface area contributed by atoms with E-state index in [0.717, 1.165) is 36.0 Å². The number of allylic oxidation sites excluding steroid dienone is 8. The third kappa shape index (κ3) is 11.0. The Morgan fingerprint density at radius 1 is 1.03 bits per heavy atom. The van der Waals surface area contributed by atoms with E-state index in [0.29, 0.717) is 5.71 Å². The van der Waals surface area contributed by atoms with Crippen molar-refractivity contribution in [2.45, 2.75) is 58.8 Å². The minimum Gasteiger partial charge on any atom is 0 e. The van der Waals surface area contributed by atoms with E-state index in [4.69, 9.17) is 19.4 Å². The van der Waals surface area contributed by atoms with Gasteiger partial charge in [0.15, 0.2) is 5.78 Å². The average molecular weight is 437 g/mol. The summed E-state index contributed by atoms with van der Waals surface area (Å²) in [5.41, 5.74) is 3.25. The van der Waals surface area contributed by atoms with E-state index in [1.165, 1.54) is 25.7 Å². The van der Waals surface area contributed by atoms with E-state index < -0.39 is 0 Å². The van der Waals surface area contributed by atoms with Crippen LogP contribution in [0.1, 0.15) is 58.8 Å². The fourth-order valence-corrected chi connectivity index (χ4v) is 3.15. The van der Waals surface area contributed by atoms with Crippen LogP contribution in [0.25, 0.3) is 0 Å². The Morgan fingerprint density at radius 3 is 2.14 bits per heavy atom. The summed E-state index contributed by atoms with van der Waals surface area (Å²) in [6, 6.07) is 0. The van der Waals surface area contributed by atoms with Crippen molar-refractivity contribution in [2.24, 2.45) is 5.92 Å². The molecule has 0 spiro atoms. The first kappa shape index (κ1) is 31.7. The topological polar surface area (TPSA) is 101 Å². The summed E-state index contributed by atoms with van der Waals surface area (Å²) in [5, 5.41) is 8.54. The van der Waals surface area contributed by atoms with E-state index >= 15 is 0 Å². The van der Waals surface area contributed by atoms with Gasteiger partial charge in [0.05, 0.1) is 5.71 Å². The Balaban J connectivity index is -0.000000883. The van der Waals surface area contributed by atoms with E-state index in [9.17, 15) is 4.79 Å². The molecule has 1 atom stereocenters. The third-order valence-electron chi connectivity index (χ3n) is 4.61. The van der Waals surface area contributed by atoms with Gasteiger partial charge >= 0.3 is 33.9 Å². The quantitative estimate of drug-likeness (QED) is 0.191. The molecule has 2 rings (SSSR count). The van der Waals surface area contributed by atoms with Gasteiger partial charge in [-0.1, -0.05) is 56.9 Å². The van der Waals surface area contributed by atoms with Crippen LogP contribution in [0.2, 0.25) is 0 Å². The van der Waals surface area contributed by atoms with Gasteiger partial charge in [0.2, 0.25) is 0 Å². The molecule has 0 aromatic heterocycles. The first-order valence-corrected chi connectivity index (χ1v) is 9.14. The molecule has 0 saturated carbocycles. The fraction of sp³-hybridized carbons (Fsp3) is 0.435. The van der Waals surface area contributed by atoms with Crippen LogP contribution in [-0.2, 0) is 35.8 Å². The van der Waals surface area contributed by atoms with E-state index in [2.05, 4.69) is 39.0 Å². The first-order valence-electron chi connectivity index (χ1n) is 9.14. The Kier molecular flexibility index (Phi) is 22.7. The monoisotopic (exact) mass is 437 g/mol. The van der Waals surface area contributed by atoms with Crippen molar-refractivity contribution in [3.8, 4) is 0 Å². The smallest absolute Gasteiger partial charge is 0 e. The Bertz CT molecular complexity index is 679. The number of hydrogen-bond donors (Lipinski definition) is 1. The summed E-state index contributed by atoms with van der Waals surface area (Å²) in [6.07, 6.45) is 17.7. The van der Waals surface area contributed by atoms with Crippen LogP contribution in [0.5, 0.6) is 0 Å². The molecule has 0 aliphatic heterocycles. The Labute approximate surface area is 184 Å². The van der Waals surface area contributed by atoms with Crippen LogP contribution in [0, 0.1) is 31.3 Å². The fourth-order valence-electron chi connectivity index (χ4n) is 3.15. The Morgan fingerprint density at radius 2 is 1.62 bits per heavy atom. The molecule has 1 unspecified atom stereocenters. The van der Waals surface area contributed by atoms with Crippen molar-refractivity contribution in [3.63, 3.8) is 0 Å². The standard InChI is InChI=1S/C20H27NO.3CO.Fe/c1-3-4-5-6-10-13-17-15(2)19(22)14-18(20(17)21)16-11-8-7-9-12-16;3*1-2;/h7-9,11,14,16,21H,3-6,10,12-13H2,1-2H3;;;;. The molecule has 0 aromatic rings. The maximum Gasteiger partial charge on any atom is 0 e. The van der Waals surface area contributed by atoms with E-state index in [1.807, 2.05) is 19.1 Å². The summed E-state index contributed by atoms with van der Waals surface area (Å²) < 4.78 is 22.5. The third-order valence-corrected chi connectivity index (χ3v) is 4.61. The van der Waals surface area contributed by atoms with Gasteiger partial charge in [-0.2, -0.15) is 0 Å². The molecule has 29 heavy (non-hydrogen) atoms. The van der Waals surface area contributed by atoms with Gasteiger partial charge in [-0.05, 0) is 43.4 Å². The maximum absolute atomic E-state index is 12.3. The second-order valence-corrected chi connectivity index (χ2v) is 6.26. The Hall–Kier alpha value is -1.96. The zero-order valence-electron chi connectivity index (χ0n) is 16.9. The van der Waals surface area contributed by atoms with Gasteiger partial charge in [0.1, 0.15) is 0 Å². The molecule has 5 nitrogen and oxygen atoms in total. The van der Waals surface area contributed by atoms with Gasteiger partial charge in [-0.15, -0.1) is 0 Å². The van der Waals surface area contributed by atoms with Crippen molar-refractivity contribution in [2.75, 3.05) is 0 Å². The second kappa shape index (κ2) is 20.8. The number of unbranched alkanes of at least 4 members (excludes halogenated alkanes) is 4. The van der Waals surface area contributed by atoms with Crippen molar-refractivity contribution < 1.29 is 35.8 Å². The molecule has 2 aliphatic rings. The predicted molar refractivity (Wildman–Crippen MR) is 105 cm³/mol. The summed E-state index contributed by atoms with van der Waals surface area (Å²) in [4.78, 5) is 12.3. The minimum atomic E-state index is 0. The van der Waals surface area contributed by atoms with Crippen molar-refractivity contribution >= 4 is 11.5 Å². The van der Waals surface area contributed by atoms with Gasteiger partial charge in [-0.25, -0.2) is 0 Å². The molecule has 1 N–H and O–H groups in total. The number of nitrogens with one attached hydrogen (secondary N) is 1. The molecule has 0 saturated heterocycles. The number of carbonyl (C=O) groups is 1. The van der Waals surface area contributed by atoms with Crippen molar-refractivity contribution in [3.05, 3.63) is 67.1 Å². The molecule has 0 fully saturated rings. The van der Waals surface area contributed by atoms with Gasteiger partial charge in [-0.3, -0.25) is 4.79 Å². The zero-order chi connectivity index (χ0) is 21.9. The molecule has 0 bridgehead atoms. The van der Waals surface area contributed by atoms with Gasteiger partial charge in [0.25, 0.3) is 0 Å². The van der Waals surface area contributed by atoms with Crippen LogP contribution in [0.4, 0.5) is 0 Å². The molecule has 0 aromatic carbocycles. The summed E-state index contributed by atoms with van der Waals surface area (Å²) in [6.45, 7) is 17.6. The van der Waals surface area contributed by atoms with E-state index in [1.54, 1.807) is 6.08 Å². The molecular formula is C23H27FeNO4. The first-order chi connectivity index (χ1) is 13.6. The van der Waals surface area contributed by atoms with E-state index in [-0.39, 0.29) is 28.8 Å². The number of hydrogen-bond acceptors (Lipinski definition) is 2. The SMILES string of the molecule is CCCCCCCC1=C(C)C(=O)C=C(C2C=CC=CC2)C1=N.[C-]#[O+].[C-]#[O+].[C-]#[O+].[Fe]. The molecule has 0 heterocycles. The number of rotatable bonds is 7. The largest absolute Gasteiger partial charge is 0 e. The number of ketones is 1. The molecule has 2 aliphatic carbocycles. The van der Waals surface area contributed by atoms with Crippen LogP contribution < -0.4 is 0 Å². The van der Waals surface area contributed by atoms with Crippen molar-refractivity contribution in [1.82, 2.24) is 0 Å². The summed E-state index contributed by atoms with van der Waals surface area (Å²) in [5.74, 6) is 0.280. The van der Waals surface area contributed by atoms with Crippen LogP contribution in [0.3, 0.4) is 0 Å². The predicted octanol–water partition coefficient (Wildman–Crippen LogP) is 5.21. The molecular weight excluding hydrogens is 410 g/mol. The number of carbonyl (C=O) groups excluding carboxylic acids is 1. The van der Waals surface area contributed by atoms with Crippen LogP contribution in [0.15, 0.2) is 47.1 Å². The average Bonchev–Trinajstić information content (AvgIpc) is 2.77. The van der Waals surface area contributed by atoms with Gasteiger partial charge < -0.3 is 5.41 Å². The van der Waals surface area contributed by atoms with Crippen molar-refractivity contribution in [1.29, 1.82) is 5.41 Å². The second-order valence-electron chi connectivity index (χ2n) is 6.26.